The van der Waals surface area contributed by atoms with Crippen molar-refractivity contribution in [3.63, 3.8) is 0 Å². The highest BCUT2D eigenvalue weighted by Crippen LogP contribution is 2.10. The zero-order valence-electron chi connectivity index (χ0n) is 12.0. The first-order valence-electron chi connectivity index (χ1n) is 6.76. The number of urea groups is 1. The SMILES string of the molecule is COCc1nc(CCNC(=O)NCc2ccccc2)cs1. The first-order chi connectivity index (χ1) is 10.3. The molecule has 21 heavy (non-hydrogen) atoms. The average Bonchev–Trinajstić information content (AvgIpc) is 2.94. The Morgan fingerprint density at radius 2 is 2.10 bits per heavy atom. The maximum atomic E-state index is 11.7. The fourth-order valence-corrected chi connectivity index (χ4v) is 2.60. The van der Waals surface area contributed by atoms with Gasteiger partial charge in [0, 0.05) is 32.0 Å². The summed E-state index contributed by atoms with van der Waals surface area (Å²) in [5.74, 6) is 0. The summed E-state index contributed by atoms with van der Waals surface area (Å²) in [5.41, 5.74) is 2.06. The summed E-state index contributed by atoms with van der Waals surface area (Å²) >= 11 is 1.58. The summed E-state index contributed by atoms with van der Waals surface area (Å²) in [5, 5.41) is 8.61. The van der Waals surface area contributed by atoms with Gasteiger partial charge in [0.15, 0.2) is 0 Å². The Hall–Kier alpha value is -1.92. The molecule has 2 rings (SSSR count). The molecule has 1 heterocycles. The maximum Gasteiger partial charge on any atom is 0.315 e. The average molecular weight is 305 g/mol. The van der Waals surface area contributed by atoms with Gasteiger partial charge in [-0.3, -0.25) is 0 Å². The van der Waals surface area contributed by atoms with Gasteiger partial charge >= 0.3 is 6.03 Å². The summed E-state index contributed by atoms with van der Waals surface area (Å²) in [4.78, 5) is 16.1. The molecule has 0 radical (unpaired) electrons. The highest BCUT2D eigenvalue weighted by atomic mass is 32.1. The molecule has 0 aliphatic heterocycles. The van der Waals surface area contributed by atoms with Crippen molar-refractivity contribution in [2.75, 3.05) is 13.7 Å². The minimum atomic E-state index is -0.161. The number of rotatable bonds is 7. The van der Waals surface area contributed by atoms with Crippen molar-refractivity contribution in [3.8, 4) is 0 Å². The standard InChI is InChI=1S/C15H19N3O2S/c1-20-10-14-18-13(11-21-14)7-8-16-15(19)17-9-12-5-3-2-4-6-12/h2-6,11H,7-10H2,1H3,(H2,16,17,19). The van der Waals surface area contributed by atoms with Gasteiger partial charge in [0.1, 0.15) is 5.01 Å². The minimum Gasteiger partial charge on any atom is -0.378 e. The lowest BCUT2D eigenvalue weighted by Gasteiger charge is -2.06. The van der Waals surface area contributed by atoms with E-state index < -0.39 is 0 Å². The lowest BCUT2D eigenvalue weighted by molar-refractivity contribution is 0.184. The van der Waals surface area contributed by atoms with Gasteiger partial charge in [0.25, 0.3) is 0 Å². The number of hydrogen-bond acceptors (Lipinski definition) is 4. The zero-order chi connectivity index (χ0) is 14.9. The largest absolute Gasteiger partial charge is 0.378 e. The van der Waals surface area contributed by atoms with E-state index in [0.29, 0.717) is 19.7 Å². The molecule has 0 saturated carbocycles. The molecule has 0 fully saturated rings. The second-order valence-corrected chi connectivity index (χ2v) is 5.45. The molecular weight excluding hydrogens is 286 g/mol. The first kappa shape index (κ1) is 15.5. The predicted molar refractivity (Wildman–Crippen MR) is 83.2 cm³/mol. The third kappa shape index (κ3) is 5.53. The van der Waals surface area contributed by atoms with Crippen LogP contribution in [-0.2, 0) is 24.3 Å². The van der Waals surface area contributed by atoms with Crippen molar-refractivity contribution in [3.05, 3.63) is 52.0 Å². The number of nitrogens with one attached hydrogen (secondary N) is 2. The molecule has 0 atom stereocenters. The molecule has 0 aliphatic carbocycles. The number of hydrogen-bond donors (Lipinski definition) is 2. The number of carbonyl (C=O) groups excluding carboxylic acids is 1. The number of amides is 2. The van der Waals surface area contributed by atoms with Crippen LogP contribution in [-0.4, -0.2) is 24.7 Å². The normalized spacial score (nSPS) is 10.3. The van der Waals surface area contributed by atoms with Crippen LogP contribution < -0.4 is 10.6 Å². The summed E-state index contributed by atoms with van der Waals surface area (Å²) in [6, 6.07) is 9.66. The number of benzene rings is 1. The quantitative estimate of drug-likeness (QED) is 0.825. The van der Waals surface area contributed by atoms with Crippen molar-refractivity contribution in [1.29, 1.82) is 0 Å². The smallest absolute Gasteiger partial charge is 0.315 e. The first-order valence-corrected chi connectivity index (χ1v) is 7.63. The number of aromatic nitrogens is 1. The molecule has 0 aliphatic rings. The van der Waals surface area contributed by atoms with Gasteiger partial charge in [-0.2, -0.15) is 0 Å². The molecule has 0 spiro atoms. The molecule has 1 aromatic heterocycles. The Kier molecular flexibility index (Phi) is 6.18. The molecule has 2 amide bonds. The molecule has 2 aromatic rings. The predicted octanol–water partition coefficient (Wildman–Crippen LogP) is 2.33. The van der Waals surface area contributed by atoms with Crippen molar-refractivity contribution < 1.29 is 9.53 Å². The summed E-state index contributed by atoms with van der Waals surface area (Å²) in [6.07, 6.45) is 0.721. The third-order valence-electron chi connectivity index (χ3n) is 2.83. The zero-order valence-corrected chi connectivity index (χ0v) is 12.8. The second-order valence-electron chi connectivity index (χ2n) is 4.51. The van der Waals surface area contributed by atoms with Crippen LogP contribution >= 0.6 is 11.3 Å². The Balaban J connectivity index is 1.64. The van der Waals surface area contributed by atoms with Crippen LogP contribution in [0.5, 0.6) is 0 Å². The van der Waals surface area contributed by atoms with E-state index in [2.05, 4.69) is 15.6 Å². The van der Waals surface area contributed by atoms with Gasteiger partial charge in [-0.25, -0.2) is 9.78 Å². The van der Waals surface area contributed by atoms with Crippen LogP contribution in [0.2, 0.25) is 0 Å². The molecule has 0 bridgehead atoms. The topological polar surface area (TPSA) is 63.2 Å². The molecule has 0 saturated heterocycles. The van der Waals surface area contributed by atoms with E-state index in [-0.39, 0.29) is 6.03 Å². The number of ether oxygens (including phenoxy) is 1. The molecule has 1 aromatic carbocycles. The Labute approximate surface area is 128 Å². The molecule has 6 heteroatoms. The highest BCUT2D eigenvalue weighted by Gasteiger charge is 2.03. The van der Waals surface area contributed by atoms with Crippen LogP contribution in [0.15, 0.2) is 35.7 Å². The van der Waals surface area contributed by atoms with Crippen molar-refractivity contribution >= 4 is 17.4 Å². The molecule has 0 unspecified atom stereocenters. The number of nitrogens with zero attached hydrogens (tertiary/aromatic N) is 1. The van der Waals surface area contributed by atoms with Gasteiger partial charge < -0.3 is 15.4 Å². The van der Waals surface area contributed by atoms with Gasteiger partial charge in [-0.1, -0.05) is 30.3 Å². The summed E-state index contributed by atoms with van der Waals surface area (Å²) in [6.45, 7) is 1.63. The van der Waals surface area contributed by atoms with Crippen molar-refractivity contribution in [2.24, 2.45) is 0 Å². The van der Waals surface area contributed by atoms with E-state index in [4.69, 9.17) is 4.74 Å². The summed E-state index contributed by atoms with van der Waals surface area (Å²) in [7, 11) is 1.65. The van der Waals surface area contributed by atoms with E-state index in [9.17, 15) is 4.79 Å². The fourth-order valence-electron chi connectivity index (χ4n) is 1.80. The second kappa shape index (κ2) is 8.39. The van der Waals surface area contributed by atoms with Crippen LogP contribution in [0.3, 0.4) is 0 Å². The van der Waals surface area contributed by atoms with Gasteiger partial charge in [-0.15, -0.1) is 11.3 Å². The molecule has 2 N–H and O–H groups in total. The van der Waals surface area contributed by atoms with Gasteiger partial charge in [0.05, 0.1) is 12.3 Å². The van der Waals surface area contributed by atoms with Gasteiger partial charge in [0.2, 0.25) is 0 Å². The van der Waals surface area contributed by atoms with Crippen LogP contribution in [0, 0.1) is 0 Å². The number of methoxy groups -OCH3 is 1. The molecule has 5 nitrogen and oxygen atoms in total. The molecular formula is C15H19N3O2S. The van der Waals surface area contributed by atoms with Crippen molar-refractivity contribution in [1.82, 2.24) is 15.6 Å². The Morgan fingerprint density at radius 3 is 2.86 bits per heavy atom. The van der Waals surface area contributed by atoms with Crippen molar-refractivity contribution in [2.45, 2.75) is 19.6 Å². The molecule has 112 valence electrons. The summed E-state index contributed by atoms with van der Waals surface area (Å²) < 4.78 is 5.03. The highest BCUT2D eigenvalue weighted by molar-refractivity contribution is 7.09. The number of thiazole rings is 1. The monoisotopic (exact) mass is 305 g/mol. The lowest BCUT2D eigenvalue weighted by Crippen LogP contribution is -2.36. The fraction of sp³-hybridized carbons (Fsp3) is 0.333. The third-order valence-corrected chi connectivity index (χ3v) is 3.70. The van der Waals surface area contributed by atoms with E-state index >= 15 is 0 Å². The minimum absolute atomic E-state index is 0.161. The number of carbonyl (C=O) groups is 1. The van der Waals surface area contributed by atoms with E-state index in [1.54, 1.807) is 18.4 Å². The van der Waals surface area contributed by atoms with E-state index in [0.717, 1.165) is 22.7 Å². The Bertz CT molecular complexity index is 557. The van der Waals surface area contributed by atoms with Crippen LogP contribution in [0.4, 0.5) is 4.79 Å². The Morgan fingerprint density at radius 1 is 1.29 bits per heavy atom. The van der Waals surface area contributed by atoms with Crippen LogP contribution in [0.25, 0.3) is 0 Å². The van der Waals surface area contributed by atoms with E-state index in [1.165, 1.54) is 0 Å². The van der Waals surface area contributed by atoms with Crippen LogP contribution in [0.1, 0.15) is 16.3 Å². The lowest BCUT2D eigenvalue weighted by atomic mass is 10.2. The van der Waals surface area contributed by atoms with Gasteiger partial charge in [-0.05, 0) is 5.56 Å². The van der Waals surface area contributed by atoms with E-state index in [1.807, 2.05) is 35.7 Å². The maximum absolute atomic E-state index is 11.7.